The van der Waals surface area contributed by atoms with E-state index in [1.54, 1.807) is 0 Å². The zero-order valence-electron chi connectivity index (χ0n) is 9.64. The third-order valence-corrected chi connectivity index (χ3v) is 2.96. The van der Waals surface area contributed by atoms with Crippen molar-refractivity contribution in [2.45, 2.75) is 25.4 Å². The standard InChI is InChI=1S/C13H17BrO3/c14-12-5-3-11(4-6-12)10-13(2-1-7-15)17-9-8-16/h3-7,13,16H,1-2,8-10H2. The molecule has 1 N–H and O–H groups in total. The van der Waals surface area contributed by atoms with Crippen molar-refractivity contribution in [3.63, 3.8) is 0 Å². The zero-order valence-corrected chi connectivity index (χ0v) is 11.2. The summed E-state index contributed by atoms with van der Waals surface area (Å²) >= 11 is 3.38. The molecule has 0 saturated heterocycles. The summed E-state index contributed by atoms with van der Waals surface area (Å²) in [7, 11) is 0. The van der Waals surface area contributed by atoms with Crippen LogP contribution in [0.3, 0.4) is 0 Å². The molecule has 0 heterocycles. The summed E-state index contributed by atoms with van der Waals surface area (Å²) in [6.07, 6.45) is 2.85. The lowest BCUT2D eigenvalue weighted by atomic mass is 10.0. The van der Waals surface area contributed by atoms with Crippen LogP contribution in [0.2, 0.25) is 0 Å². The molecule has 1 unspecified atom stereocenters. The Labute approximate surface area is 110 Å². The average molecular weight is 301 g/mol. The highest BCUT2D eigenvalue weighted by atomic mass is 79.9. The average Bonchev–Trinajstić information content (AvgIpc) is 2.35. The van der Waals surface area contributed by atoms with Crippen molar-refractivity contribution >= 4 is 22.2 Å². The van der Waals surface area contributed by atoms with Crippen molar-refractivity contribution in [1.82, 2.24) is 0 Å². The Hall–Kier alpha value is -0.710. The summed E-state index contributed by atoms with van der Waals surface area (Å²) < 4.78 is 6.55. The predicted octanol–water partition coefficient (Wildman–Crippen LogP) is 2.35. The van der Waals surface area contributed by atoms with Gasteiger partial charge in [-0.25, -0.2) is 0 Å². The molecule has 4 heteroatoms. The Morgan fingerprint density at radius 2 is 2.06 bits per heavy atom. The fourth-order valence-corrected chi connectivity index (χ4v) is 1.87. The molecular weight excluding hydrogens is 284 g/mol. The second-order valence-electron chi connectivity index (χ2n) is 3.79. The molecule has 0 amide bonds. The Bertz CT molecular complexity index is 324. The van der Waals surface area contributed by atoms with Crippen molar-refractivity contribution in [2.75, 3.05) is 13.2 Å². The lowest BCUT2D eigenvalue weighted by molar-refractivity contribution is -0.108. The largest absolute Gasteiger partial charge is 0.394 e. The van der Waals surface area contributed by atoms with E-state index in [4.69, 9.17) is 9.84 Å². The van der Waals surface area contributed by atoms with Crippen molar-refractivity contribution in [2.24, 2.45) is 0 Å². The number of carbonyl (C=O) groups is 1. The van der Waals surface area contributed by atoms with E-state index in [-0.39, 0.29) is 12.7 Å². The molecule has 94 valence electrons. The molecule has 0 spiro atoms. The molecular formula is C13H17BrO3. The third-order valence-electron chi connectivity index (χ3n) is 2.43. The van der Waals surface area contributed by atoms with Gasteiger partial charge in [-0.15, -0.1) is 0 Å². The van der Waals surface area contributed by atoms with Gasteiger partial charge in [0.1, 0.15) is 6.29 Å². The van der Waals surface area contributed by atoms with Gasteiger partial charge in [0.05, 0.1) is 19.3 Å². The van der Waals surface area contributed by atoms with Crippen LogP contribution in [0.1, 0.15) is 18.4 Å². The Balaban J connectivity index is 2.51. The number of aliphatic hydroxyl groups excluding tert-OH is 1. The van der Waals surface area contributed by atoms with Crippen LogP contribution in [0.5, 0.6) is 0 Å². The maximum absolute atomic E-state index is 10.4. The highest BCUT2D eigenvalue weighted by Gasteiger charge is 2.09. The van der Waals surface area contributed by atoms with Gasteiger partial charge in [-0.05, 0) is 30.5 Å². The molecule has 1 aromatic carbocycles. The van der Waals surface area contributed by atoms with E-state index in [1.165, 1.54) is 5.56 Å². The minimum Gasteiger partial charge on any atom is -0.394 e. The Morgan fingerprint density at radius 3 is 2.65 bits per heavy atom. The summed E-state index contributed by atoms with van der Waals surface area (Å²) in [4.78, 5) is 10.4. The molecule has 0 aliphatic rings. The van der Waals surface area contributed by atoms with Crippen molar-refractivity contribution in [1.29, 1.82) is 0 Å². The SMILES string of the molecule is O=CCCC(Cc1ccc(Br)cc1)OCCO. The van der Waals surface area contributed by atoms with Crippen molar-refractivity contribution in [3.05, 3.63) is 34.3 Å². The monoisotopic (exact) mass is 300 g/mol. The zero-order chi connectivity index (χ0) is 12.5. The first-order valence-electron chi connectivity index (χ1n) is 5.66. The first kappa shape index (κ1) is 14.4. The molecule has 0 aromatic heterocycles. The van der Waals surface area contributed by atoms with Crippen molar-refractivity contribution in [3.8, 4) is 0 Å². The van der Waals surface area contributed by atoms with E-state index in [2.05, 4.69) is 15.9 Å². The van der Waals surface area contributed by atoms with E-state index >= 15 is 0 Å². The maximum Gasteiger partial charge on any atom is 0.120 e. The quantitative estimate of drug-likeness (QED) is 0.750. The van der Waals surface area contributed by atoms with Crippen LogP contribution in [0.4, 0.5) is 0 Å². The van der Waals surface area contributed by atoms with Gasteiger partial charge in [-0.1, -0.05) is 28.1 Å². The molecule has 0 saturated carbocycles. The number of carbonyl (C=O) groups excluding carboxylic acids is 1. The normalized spacial score (nSPS) is 12.4. The number of hydrogen-bond donors (Lipinski definition) is 1. The van der Waals surface area contributed by atoms with Gasteiger partial charge in [0.25, 0.3) is 0 Å². The predicted molar refractivity (Wildman–Crippen MR) is 70.0 cm³/mol. The molecule has 0 aliphatic carbocycles. The number of benzene rings is 1. The number of ether oxygens (including phenoxy) is 1. The summed E-state index contributed by atoms with van der Waals surface area (Å²) in [6, 6.07) is 8.02. The molecule has 1 aromatic rings. The summed E-state index contributed by atoms with van der Waals surface area (Å²) in [5.41, 5.74) is 1.17. The smallest absolute Gasteiger partial charge is 0.120 e. The van der Waals surface area contributed by atoms with Gasteiger partial charge in [-0.3, -0.25) is 0 Å². The molecule has 3 nitrogen and oxygen atoms in total. The van der Waals surface area contributed by atoms with Gasteiger partial charge in [0.2, 0.25) is 0 Å². The lowest BCUT2D eigenvalue weighted by Crippen LogP contribution is -2.18. The molecule has 0 bridgehead atoms. The van der Waals surface area contributed by atoms with Gasteiger partial charge in [0, 0.05) is 10.9 Å². The van der Waals surface area contributed by atoms with Crippen LogP contribution in [0.15, 0.2) is 28.7 Å². The third kappa shape index (κ3) is 5.96. The lowest BCUT2D eigenvalue weighted by Gasteiger charge is -2.16. The topological polar surface area (TPSA) is 46.5 Å². The van der Waals surface area contributed by atoms with Crippen LogP contribution >= 0.6 is 15.9 Å². The van der Waals surface area contributed by atoms with E-state index < -0.39 is 0 Å². The van der Waals surface area contributed by atoms with Crippen LogP contribution in [-0.4, -0.2) is 30.7 Å². The first-order valence-corrected chi connectivity index (χ1v) is 6.46. The van der Waals surface area contributed by atoms with E-state index in [9.17, 15) is 4.79 Å². The van der Waals surface area contributed by atoms with Gasteiger partial charge in [0.15, 0.2) is 0 Å². The van der Waals surface area contributed by atoms with Crippen molar-refractivity contribution < 1.29 is 14.6 Å². The van der Waals surface area contributed by atoms with Gasteiger partial charge >= 0.3 is 0 Å². The Morgan fingerprint density at radius 1 is 1.35 bits per heavy atom. The highest BCUT2D eigenvalue weighted by Crippen LogP contribution is 2.14. The second-order valence-corrected chi connectivity index (χ2v) is 4.71. The summed E-state index contributed by atoms with van der Waals surface area (Å²) in [5.74, 6) is 0. The van der Waals surface area contributed by atoms with Crippen LogP contribution in [0.25, 0.3) is 0 Å². The maximum atomic E-state index is 10.4. The van der Waals surface area contributed by atoms with Gasteiger partial charge in [-0.2, -0.15) is 0 Å². The summed E-state index contributed by atoms with van der Waals surface area (Å²) in [6.45, 7) is 0.331. The van der Waals surface area contributed by atoms with Gasteiger partial charge < -0.3 is 14.6 Å². The summed E-state index contributed by atoms with van der Waals surface area (Å²) in [5, 5.41) is 8.74. The van der Waals surface area contributed by atoms with Crippen LogP contribution in [-0.2, 0) is 16.0 Å². The number of aldehydes is 1. The molecule has 0 fully saturated rings. The molecule has 0 aliphatic heterocycles. The second kappa shape index (κ2) is 8.39. The number of halogens is 1. The van der Waals surface area contributed by atoms with E-state index in [1.807, 2.05) is 24.3 Å². The highest BCUT2D eigenvalue weighted by molar-refractivity contribution is 9.10. The number of hydrogen-bond acceptors (Lipinski definition) is 3. The molecule has 1 rings (SSSR count). The van der Waals surface area contributed by atoms with Crippen LogP contribution in [0, 0.1) is 0 Å². The minimum absolute atomic E-state index is 0.00599. The molecule has 1 atom stereocenters. The van der Waals surface area contributed by atoms with E-state index in [0.717, 1.165) is 17.2 Å². The molecule has 0 radical (unpaired) electrons. The van der Waals surface area contributed by atoms with E-state index in [0.29, 0.717) is 19.4 Å². The number of rotatable bonds is 8. The Kier molecular flexibility index (Phi) is 7.08. The minimum atomic E-state index is -0.00599. The first-order chi connectivity index (χ1) is 8.26. The number of aliphatic hydroxyl groups is 1. The molecule has 17 heavy (non-hydrogen) atoms. The van der Waals surface area contributed by atoms with Crippen LogP contribution < -0.4 is 0 Å². The fraction of sp³-hybridized carbons (Fsp3) is 0.462. The fourth-order valence-electron chi connectivity index (χ4n) is 1.60.